The molecule has 2 heteroatoms. The Morgan fingerprint density at radius 1 is 1.20 bits per heavy atom. The summed E-state index contributed by atoms with van der Waals surface area (Å²) in [6.07, 6.45) is 6.50. The maximum atomic E-state index is 5.49. The second kappa shape index (κ2) is 6.49. The molecule has 1 saturated heterocycles. The summed E-state index contributed by atoms with van der Waals surface area (Å²) >= 11 is 0. The number of nitrogens with one attached hydrogen (secondary N) is 1. The van der Waals surface area contributed by atoms with E-state index in [0.717, 1.165) is 25.7 Å². The summed E-state index contributed by atoms with van der Waals surface area (Å²) in [6.45, 7) is 7.72. The number of hydrogen-bond acceptors (Lipinski definition) is 2. The molecule has 0 aromatic rings. The summed E-state index contributed by atoms with van der Waals surface area (Å²) in [5.74, 6) is 0.899. The molecule has 0 spiro atoms. The topological polar surface area (TPSA) is 21.3 Å². The fraction of sp³-hybridized carbons (Fsp3) is 1.00. The molecule has 0 bridgehead atoms. The Morgan fingerprint density at radius 3 is 2.27 bits per heavy atom. The molecule has 0 unspecified atom stereocenters. The summed E-state index contributed by atoms with van der Waals surface area (Å²) in [5.41, 5.74) is 0.518. The third kappa shape index (κ3) is 3.76. The molecule has 2 nitrogen and oxygen atoms in total. The van der Waals surface area contributed by atoms with Gasteiger partial charge in [-0.2, -0.15) is 0 Å². The Labute approximate surface area is 94.8 Å². The van der Waals surface area contributed by atoms with Gasteiger partial charge in [-0.05, 0) is 37.6 Å². The lowest BCUT2D eigenvalue weighted by Crippen LogP contribution is -2.39. The molecule has 1 heterocycles. The first-order chi connectivity index (χ1) is 7.26. The molecule has 0 amide bonds. The van der Waals surface area contributed by atoms with Crippen LogP contribution in [0, 0.1) is 11.3 Å². The van der Waals surface area contributed by atoms with Gasteiger partial charge in [0.25, 0.3) is 0 Å². The van der Waals surface area contributed by atoms with Crippen molar-refractivity contribution < 1.29 is 4.74 Å². The van der Waals surface area contributed by atoms with Crippen LogP contribution in [0.15, 0.2) is 0 Å². The summed E-state index contributed by atoms with van der Waals surface area (Å²) in [6, 6.07) is 0. The minimum atomic E-state index is 0.518. The maximum absolute atomic E-state index is 5.49. The first-order valence-electron chi connectivity index (χ1n) is 6.48. The van der Waals surface area contributed by atoms with Gasteiger partial charge in [-0.25, -0.2) is 0 Å². The van der Waals surface area contributed by atoms with Gasteiger partial charge in [0.2, 0.25) is 0 Å². The maximum Gasteiger partial charge on any atom is 0.0471 e. The van der Waals surface area contributed by atoms with E-state index in [1.54, 1.807) is 0 Å². The molecular formula is C13H27NO. The minimum Gasteiger partial charge on any atom is -0.381 e. The van der Waals surface area contributed by atoms with Crippen molar-refractivity contribution in [3.05, 3.63) is 0 Å². The van der Waals surface area contributed by atoms with Crippen LogP contribution in [0.5, 0.6) is 0 Å². The molecule has 0 atom stereocenters. The van der Waals surface area contributed by atoms with Gasteiger partial charge < -0.3 is 10.1 Å². The van der Waals surface area contributed by atoms with E-state index < -0.39 is 0 Å². The molecule has 0 radical (unpaired) electrons. The fourth-order valence-electron chi connectivity index (χ4n) is 2.82. The van der Waals surface area contributed by atoms with Crippen LogP contribution in [0.4, 0.5) is 0 Å². The predicted octanol–water partition coefficient (Wildman–Crippen LogP) is 2.83. The van der Waals surface area contributed by atoms with Gasteiger partial charge in [0, 0.05) is 19.8 Å². The van der Waals surface area contributed by atoms with Crippen LogP contribution < -0.4 is 5.32 Å². The van der Waals surface area contributed by atoms with Crippen molar-refractivity contribution in [3.8, 4) is 0 Å². The van der Waals surface area contributed by atoms with Gasteiger partial charge in [0.05, 0.1) is 0 Å². The van der Waals surface area contributed by atoms with Crippen LogP contribution >= 0.6 is 0 Å². The Bertz CT molecular complexity index is 154. The quantitative estimate of drug-likeness (QED) is 0.732. The van der Waals surface area contributed by atoms with Crippen LogP contribution in [0.25, 0.3) is 0 Å². The second-order valence-corrected chi connectivity index (χ2v) is 5.03. The Hall–Kier alpha value is -0.0800. The van der Waals surface area contributed by atoms with E-state index in [1.807, 2.05) is 0 Å². The molecule has 0 aromatic heterocycles. The summed E-state index contributed by atoms with van der Waals surface area (Å²) in [5, 5.41) is 3.38. The lowest BCUT2D eigenvalue weighted by Gasteiger charge is -2.39. The minimum absolute atomic E-state index is 0.518. The molecule has 15 heavy (non-hydrogen) atoms. The van der Waals surface area contributed by atoms with Crippen LogP contribution in [-0.2, 0) is 4.74 Å². The van der Waals surface area contributed by atoms with Gasteiger partial charge in [-0.3, -0.25) is 0 Å². The average Bonchev–Trinajstić information content (AvgIpc) is 2.28. The third-order valence-electron chi connectivity index (χ3n) is 3.98. The lowest BCUT2D eigenvalue weighted by atomic mass is 9.72. The summed E-state index contributed by atoms with van der Waals surface area (Å²) in [4.78, 5) is 0. The highest BCUT2D eigenvalue weighted by Crippen LogP contribution is 2.38. The third-order valence-corrected chi connectivity index (χ3v) is 3.98. The highest BCUT2D eigenvalue weighted by Gasteiger charge is 2.33. The molecular weight excluding hydrogens is 186 g/mol. The molecule has 1 rings (SSSR count). The van der Waals surface area contributed by atoms with Crippen molar-refractivity contribution in [1.29, 1.82) is 0 Å². The first-order valence-corrected chi connectivity index (χ1v) is 6.48. The highest BCUT2D eigenvalue weighted by molar-refractivity contribution is 4.85. The van der Waals surface area contributed by atoms with E-state index in [2.05, 4.69) is 26.2 Å². The van der Waals surface area contributed by atoms with E-state index >= 15 is 0 Å². The van der Waals surface area contributed by atoms with Gasteiger partial charge >= 0.3 is 0 Å². The van der Waals surface area contributed by atoms with E-state index in [4.69, 9.17) is 4.74 Å². The van der Waals surface area contributed by atoms with Gasteiger partial charge in [0.15, 0.2) is 0 Å². The van der Waals surface area contributed by atoms with Crippen molar-refractivity contribution in [1.82, 2.24) is 5.32 Å². The standard InChI is InChI=1S/C13H27NO/c1-4-12(5-2)10-13(11-14-3)6-8-15-9-7-13/h12,14H,4-11H2,1-3H3. The number of rotatable bonds is 6. The van der Waals surface area contributed by atoms with E-state index in [9.17, 15) is 0 Å². The monoisotopic (exact) mass is 213 g/mol. The molecule has 0 aromatic carbocycles. The van der Waals surface area contributed by atoms with E-state index in [-0.39, 0.29) is 0 Å². The molecule has 1 fully saturated rings. The second-order valence-electron chi connectivity index (χ2n) is 5.03. The van der Waals surface area contributed by atoms with Crippen molar-refractivity contribution in [2.45, 2.75) is 46.0 Å². The zero-order valence-corrected chi connectivity index (χ0v) is 10.6. The zero-order valence-electron chi connectivity index (χ0n) is 10.6. The molecule has 1 N–H and O–H groups in total. The predicted molar refractivity (Wildman–Crippen MR) is 65.1 cm³/mol. The average molecular weight is 213 g/mol. The SMILES string of the molecule is CCC(CC)CC1(CNC)CCOCC1. The number of hydrogen-bond donors (Lipinski definition) is 1. The summed E-state index contributed by atoms with van der Waals surface area (Å²) in [7, 11) is 2.07. The van der Waals surface area contributed by atoms with Gasteiger partial charge in [-0.1, -0.05) is 26.7 Å². The first kappa shape index (κ1) is 13.0. The van der Waals surface area contributed by atoms with Crippen molar-refractivity contribution in [3.63, 3.8) is 0 Å². The van der Waals surface area contributed by atoms with Crippen LogP contribution in [-0.4, -0.2) is 26.8 Å². The normalized spacial score (nSPS) is 20.8. The molecule has 1 aliphatic heterocycles. The largest absolute Gasteiger partial charge is 0.381 e. The fourth-order valence-corrected chi connectivity index (χ4v) is 2.82. The van der Waals surface area contributed by atoms with Crippen molar-refractivity contribution >= 4 is 0 Å². The van der Waals surface area contributed by atoms with Crippen molar-refractivity contribution in [2.75, 3.05) is 26.8 Å². The van der Waals surface area contributed by atoms with Crippen LogP contribution in [0.1, 0.15) is 46.0 Å². The van der Waals surface area contributed by atoms with Crippen molar-refractivity contribution in [2.24, 2.45) is 11.3 Å². The van der Waals surface area contributed by atoms with Crippen LogP contribution in [0.3, 0.4) is 0 Å². The molecule has 90 valence electrons. The Morgan fingerprint density at radius 2 is 1.80 bits per heavy atom. The van der Waals surface area contributed by atoms with Gasteiger partial charge in [0.1, 0.15) is 0 Å². The Balaban J connectivity index is 2.54. The van der Waals surface area contributed by atoms with Crippen LogP contribution in [0.2, 0.25) is 0 Å². The number of ether oxygens (including phenoxy) is 1. The zero-order chi connectivity index (χ0) is 11.1. The van der Waals surface area contributed by atoms with E-state index in [0.29, 0.717) is 5.41 Å². The Kier molecular flexibility index (Phi) is 5.62. The molecule has 0 saturated carbocycles. The summed E-state index contributed by atoms with van der Waals surface area (Å²) < 4.78 is 5.49. The van der Waals surface area contributed by atoms with Gasteiger partial charge in [-0.15, -0.1) is 0 Å². The smallest absolute Gasteiger partial charge is 0.0471 e. The molecule has 0 aliphatic carbocycles. The molecule has 1 aliphatic rings. The lowest BCUT2D eigenvalue weighted by molar-refractivity contribution is 0.00233. The van der Waals surface area contributed by atoms with E-state index in [1.165, 1.54) is 32.1 Å². The highest BCUT2D eigenvalue weighted by atomic mass is 16.5.